The van der Waals surface area contributed by atoms with E-state index in [4.69, 9.17) is 0 Å². The summed E-state index contributed by atoms with van der Waals surface area (Å²) < 4.78 is 0. The van der Waals surface area contributed by atoms with Gasteiger partial charge in [0.05, 0.1) is 11.1 Å². The first kappa shape index (κ1) is 14.5. The van der Waals surface area contributed by atoms with Crippen LogP contribution in [-0.2, 0) is 5.54 Å². The Kier molecular flexibility index (Phi) is 3.54. The number of nitrogens with one attached hydrogen (secondary N) is 1. The average Bonchev–Trinajstić information content (AvgIpc) is 3.44. The normalized spacial score (nSPS) is 14.8. The van der Waals surface area contributed by atoms with Crippen molar-refractivity contribution in [2.75, 3.05) is 5.32 Å². The molecule has 0 spiro atoms. The topological polar surface area (TPSA) is 67.8 Å². The molecule has 0 bridgehead atoms. The summed E-state index contributed by atoms with van der Waals surface area (Å²) in [6.07, 6.45) is 8.82. The second-order valence-corrected chi connectivity index (χ2v) is 5.94. The largest absolute Gasteiger partial charge is 0.345 e. The van der Waals surface area contributed by atoms with Gasteiger partial charge in [0.15, 0.2) is 5.78 Å². The molecule has 1 aromatic carbocycles. The zero-order valence-corrected chi connectivity index (χ0v) is 13.0. The van der Waals surface area contributed by atoms with E-state index < -0.39 is 0 Å². The minimum atomic E-state index is -0.126. The smallest absolute Gasteiger partial charge is 0.223 e. The summed E-state index contributed by atoms with van der Waals surface area (Å²) in [6.45, 7) is 0. The lowest BCUT2D eigenvalue weighted by atomic mass is 10.1. The molecule has 1 fully saturated rings. The first-order valence-corrected chi connectivity index (χ1v) is 7.87. The molecule has 0 radical (unpaired) electrons. The van der Waals surface area contributed by atoms with Crippen molar-refractivity contribution in [1.29, 1.82) is 0 Å². The lowest BCUT2D eigenvalue weighted by molar-refractivity contribution is 0.103. The standard InChI is InChI=1S/C19H16N4O/c24-17(14-5-2-1-3-6-14)15-11-21-18(22-12-15)23-19(8-9-19)16-7-4-10-20-13-16/h1-7,10-13H,8-9H2,(H,21,22,23). The Bertz CT molecular complexity index is 844. The van der Waals surface area contributed by atoms with Gasteiger partial charge in [-0.25, -0.2) is 9.97 Å². The maximum Gasteiger partial charge on any atom is 0.223 e. The van der Waals surface area contributed by atoms with Gasteiger partial charge in [-0.05, 0) is 24.5 Å². The molecule has 118 valence electrons. The Hall–Kier alpha value is -3.08. The van der Waals surface area contributed by atoms with Gasteiger partial charge in [0, 0.05) is 30.4 Å². The summed E-state index contributed by atoms with van der Waals surface area (Å²) in [5.41, 5.74) is 2.13. The van der Waals surface area contributed by atoms with Crippen LogP contribution in [0.15, 0.2) is 67.3 Å². The summed E-state index contributed by atoms with van der Waals surface area (Å²) in [5, 5.41) is 3.38. The highest BCUT2D eigenvalue weighted by atomic mass is 16.1. The van der Waals surface area contributed by atoms with Crippen LogP contribution in [0.3, 0.4) is 0 Å². The van der Waals surface area contributed by atoms with Crippen LogP contribution in [0.2, 0.25) is 0 Å². The third-order valence-corrected chi connectivity index (χ3v) is 4.27. The van der Waals surface area contributed by atoms with E-state index in [1.807, 2.05) is 30.5 Å². The van der Waals surface area contributed by atoms with E-state index in [9.17, 15) is 4.79 Å². The second kappa shape index (κ2) is 5.85. The Balaban J connectivity index is 1.52. The van der Waals surface area contributed by atoms with E-state index in [1.165, 1.54) is 0 Å². The first-order valence-electron chi connectivity index (χ1n) is 7.87. The molecule has 5 heteroatoms. The van der Waals surface area contributed by atoms with Gasteiger partial charge in [0.1, 0.15) is 0 Å². The van der Waals surface area contributed by atoms with Crippen molar-refractivity contribution in [3.8, 4) is 0 Å². The summed E-state index contributed by atoms with van der Waals surface area (Å²) in [4.78, 5) is 25.2. The molecule has 4 rings (SSSR count). The molecule has 24 heavy (non-hydrogen) atoms. The fourth-order valence-electron chi connectivity index (χ4n) is 2.74. The summed E-state index contributed by atoms with van der Waals surface area (Å²) in [5.74, 6) is 0.455. The summed E-state index contributed by atoms with van der Waals surface area (Å²) in [6, 6.07) is 13.1. The predicted molar refractivity (Wildman–Crippen MR) is 90.7 cm³/mol. The van der Waals surface area contributed by atoms with Gasteiger partial charge in [0.2, 0.25) is 5.95 Å². The monoisotopic (exact) mass is 316 g/mol. The zero-order valence-electron chi connectivity index (χ0n) is 13.0. The molecule has 2 heterocycles. The van der Waals surface area contributed by atoms with E-state index in [1.54, 1.807) is 30.7 Å². The SMILES string of the molecule is O=C(c1ccccc1)c1cnc(NC2(c3cccnc3)CC2)nc1. The van der Waals surface area contributed by atoms with E-state index in [0.29, 0.717) is 17.1 Å². The molecule has 5 nitrogen and oxygen atoms in total. The number of carbonyl (C=O) groups excluding carboxylic acids is 1. The molecule has 1 aliphatic carbocycles. The molecular weight excluding hydrogens is 300 g/mol. The fourth-order valence-corrected chi connectivity index (χ4v) is 2.74. The third-order valence-electron chi connectivity index (χ3n) is 4.27. The number of benzene rings is 1. The van der Waals surface area contributed by atoms with Crippen LogP contribution in [0.4, 0.5) is 5.95 Å². The Labute approximate surface area is 139 Å². The van der Waals surface area contributed by atoms with Crippen LogP contribution in [-0.4, -0.2) is 20.7 Å². The van der Waals surface area contributed by atoms with Crippen LogP contribution in [0.25, 0.3) is 0 Å². The number of carbonyl (C=O) groups is 1. The van der Waals surface area contributed by atoms with Crippen molar-refractivity contribution >= 4 is 11.7 Å². The van der Waals surface area contributed by atoms with Crippen molar-refractivity contribution < 1.29 is 4.79 Å². The van der Waals surface area contributed by atoms with E-state index >= 15 is 0 Å². The van der Waals surface area contributed by atoms with E-state index in [-0.39, 0.29) is 11.3 Å². The highest BCUT2D eigenvalue weighted by Gasteiger charge is 2.45. The van der Waals surface area contributed by atoms with Gasteiger partial charge in [-0.15, -0.1) is 0 Å². The number of hydrogen-bond donors (Lipinski definition) is 1. The van der Waals surface area contributed by atoms with Crippen LogP contribution in [0.1, 0.15) is 34.3 Å². The molecule has 0 aliphatic heterocycles. The minimum absolute atomic E-state index is 0.0736. The quantitative estimate of drug-likeness (QED) is 0.732. The van der Waals surface area contributed by atoms with Crippen LogP contribution in [0, 0.1) is 0 Å². The number of ketones is 1. The fraction of sp³-hybridized carbons (Fsp3) is 0.158. The average molecular weight is 316 g/mol. The van der Waals surface area contributed by atoms with E-state index in [2.05, 4.69) is 26.3 Å². The minimum Gasteiger partial charge on any atom is -0.345 e. The molecule has 2 aromatic heterocycles. The number of anilines is 1. The number of hydrogen-bond acceptors (Lipinski definition) is 5. The number of nitrogens with zero attached hydrogens (tertiary/aromatic N) is 3. The van der Waals surface area contributed by atoms with Crippen LogP contribution in [0.5, 0.6) is 0 Å². The predicted octanol–water partition coefficient (Wildman–Crippen LogP) is 3.20. The Morgan fingerprint density at radius 3 is 2.29 bits per heavy atom. The summed E-state index contributed by atoms with van der Waals surface area (Å²) >= 11 is 0. The van der Waals surface area contributed by atoms with Crippen molar-refractivity contribution in [3.05, 3.63) is 83.9 Å². The Morgan fingerprint density at radius 2 is 1.67 bits per heavy atom. The van der Waals surface area contributed by atoms with Crippen molar-refractivity contribution in [1.82, 2.24) is 15.0 Å². The lowest BCUT2D eigenvalue weighted by Gasteiger charge is -2.17. The number of rotatable bonds is 5. The molecule has 0 saturated heterocycles. The maximum absolute atomic E-state index is 12.4. The maximum atomic E-state index is 12.4. The van der Waals surface area contributed by atoms with E-state index in [0.717, 1.165) is 18.4 Å². The van der Waals surface area contributed by atoms with Gasteiger partial charge in [-0.3, -0.25) is 9.78 Å². The molecule has 0 unspecified atom stereocenters. The summed E-state index contributed by atoms with van der Waals surface area (Å²) in [7, 11) is 0. The molecule has 1 aliphatic rings. The van der Waals surface area contributed by atoms with Crippen LogP contribution < -0.4 is 5.32 Å². The number of aromatic nitrogens is 3. The highest BCUT2D eigenvalue weighted by Crippen LogP contribution is 2.47. The van der Waals surface area contributed by atoms with Crippen LogP contribution >= 0.6 is 0 Å². The highest BCUT2D eigenvalue weighted by molar-refractivity contribution is 6.08. The Morgan fingerprint density at radius 1 is 0.917 bits per heavy atom. The van der Waals surface area contributed by atoms with Gasteiger partial charge in [0.25, 0.3) is 0 Å². The molecule has 1 N–H and O–H groups in total. The zero-order chi connectivity index (χ0) is 16.4. The molecule has 1 saturated carbocycles. The van der Waals surface area contributed by atoms with Gasteiger partial charge in [-0.1, -0.05) is 36.4 Å². The van der Waals surface area contributed by atoms with Crippen molar-refractivity contribution in [3.63, 3.8) is 0 Å². The molecule has 0 atom stereocenters. The third kappa shape index (κ3) is 2.76. The molecular formula is C19H16N4O. The van der Waals surface area contributed by atoms with Gasteiger partial charge < -0.3 is 5.32 Å². The first-order chi connectivity index (χ1) is 11.8. The van der Waals surface area contributed by atoms with Crippen molar-refractivity contribution in [2.24, 2.45) is 0 Å². The lowest BCUT2D eigenvalue weighted by Crippen LogP contribution is -2.20. The number of pyridine rings is 1. The molecule has 3 aromatic rings. The van der Waals surface area contributed by atoms with Gasteiger partial charge in [-0.2, -0.15) is 0 Å². The molecule has 0 amide bonds. The second-order valence-electron chi connectivity index (χ2n) is 5.94. The van der Waals surface area contributed by atoms with Gasteiger partial charge >= 0.3 is 0 Å². The van der Waals surface area contributed by atoms with Crippen molar-refractivity contribution in [2.45, 2.75) is 18.4 Å².